The summed E-state index contributed by atoms with van der Waals surface area (Å²) < 4.78 is 5.83. The van der Waals surface area contributed by atoms with Gasteiger partial charge in [-0.05, 0) is 54.2 Å². The summed E-state index contributed by atoms with van der Waals surface area (Å²) in [6.45, 7) is 0. The van der Waals surface area contributed by atoms with E-state index in [-0.39, 0.29) is 27.2 Å². The smallest absolute Gasteiger partial charge is 0.454 e. The van der Waals surface area contributed by atoms with Gasteiger partial charge < -0.3 is 20.1 Å². The molecule has 1 aliphatic carbocycles. The number of fused-ring (bicyclic) bond motifs is 2. The van der Waals surface area contributed by atoms with Crippen LogP contribution in [0, 0.1) is 0 Å². The maximum Gasteiger partial charge on any atom is 0.488 e. The predicted octanol–water partition coefficient (Wildman–Crippen LogP) is 2.84. The number of benzene rings is 2. The SMILES string of the molecule is O=C1Nc2ccc(Oc3c(Cl)cc(B(O)O)cc3Cl)cc2C12CCC2. The molecule has 0 saturated heterocycles. The van der Waals surface area contributed by atoms with E-state index in [2.05, 4.69) is 5.32 Å². The van der Waals surface area contributed by atoms with Gasteiger partial charge in [-0.15, -0.1) is 0 Å². The van der Waals surface area contributed by atoms with Crippen LogP contribution in [-0.4, -0.2) is 23.1 Å². The quantitative estimate of drug-likeness (QED) is 0.718. The first-order valence-electron chi connectivity index (χ1n) is 7.90. The fourth-order valence-corrected chi connectivity index (χ4v) is 4.01. The van der Waals surface area contributed by atoms with Gasteiger partial charge in [-0.1, -0.05) is 29.6 Å². The molecule has 0 bridgehead atoms. The number of halogens is 2. The van der Waals surface area contributed by atoms with Gasteiger partial charge in [-0.25, -0.2) is 0 Å². The molecule has 5 nitrogen and oxygen atoms in total. The topological polar surface area (TPSA) is 78.8 Å². The molecule has 0 radical (unpaired) electrons. The van der Waals surface area contributed by atoms with E-state index >= 15 is 0 Å². The second kappa shape index (κ2) is 5.92. The molecule has 2 aromatic carbocycles. The Morgan fingerprint density at radius 2 is 1.80 bits per heavy atom. The second-order valence-corrected chi connectivity index (χ2v) is 7.20. The van der Waals surface area contributed by atoms with Crippen LogP contribution in [0.5, 0.6) is 11.5 Å². The molecular formula is C17H14BCl2NO4. The number of rotatable bonds is 3. The van der Waals surface area contributed by atoms with E-state index in [1.165, 1.54) is 12.1 Å². The molecule has 128 valence electrons. The number of amides is 1. The highest BCUT2D eigenvalue weighted by molar-refractivity contribution is 6.59. The molecule has 8 heteroatoms. The lowest BCUT2D eigenvalue weighted by Gasteiger charge is -2.36. The van der Waals surface area contributed by atoms with Crippen molar-refractivity contribution in [1.82, 2.24) is 0 Å². The van der Waals surface area contributed by atoms with Crippen molar-refractivity contribution in [3.8, 4) is 11.5 Å². The van der Waals surface area contributed by atoms with Crippen molar-refractivity contribution < 1.29 is 19.6 Å². The Kier molecular flexibility index (Phi) is 3.96. The average molecular weight is 378 g/mol. The Balaban J connectivity index is 1.69. The van der Waals surface area contributed by atoms with Gasteiger partial charge >= 0.3 is 7.12 Å². The summed E-state index contributed by atoms with van der Waals surface area (Å²) in [6, 6.07) is 8.16. The Labute approximate surface area is 154 Å². The number of nitrogens with one attached hydrogen (secondary N) is 1. The van der Waals surface area contributed by atoms with E-state index < -0.39 is 12.5 Å². The van der Waals surface area contributed by atoms with E-state index in [1.807, 2.05) is 12.1 Å². The molecule has 25 heavy (non-hydrogen) atoms. The van der Waals surface area contributed by atoms with E-state index in [4.69, 9.17) is 27.9 Å². The number of carbonyl (C=O) groups is 1. The summed E-state index contributed by atoms with van der Waals surface area (Å²) in [5, 5.41) is 21.7. The van der Waals surface area contributed by atoms with Crippen molar-refractivity contribution in [2.75, 3.05) is 5.32 Å². The third-order valence-corrected chi connectivity index (χ3v) is 5.50. The molecule has 0 aromatic heterocycles. The van der Waals surface area contributed by atoms with Crippen molar-refractivity contribution >= 4 is 47.4 Å². The van der Waals surface area contributed by atoms with Crippen LogP contribution < -0.4 is 15.5 Å². The minimum atomic E-state index is -1.67. The zero-order chi connectivity index (χ0) is 17.8. The molecule has 1 saturated carbocycles. The summed E-state index contributed by atoms with van der Waals surface area (Å²) in [7, 11) is -1.67. The monoisotopic (exact) mass is 377 g/mol. The lowest BCUT2D eigenvalue weighted by molar-refractivity contribution is -0.123. The zero-order valence-corrected chi connectivity index (χ0v) is 14.6. The molecule has 2 aromatic rings. The normalized spacial score (nSPS) is 17.0. The van der Waals surface area contributed by atoms with E-state index in [9.17, 15) is 14.8 Å². The Morgan fingerprint density at radius 3 is 2.36 bits per heavy atom. The fourth-order valence-electron chi connectivity index (χ4n) is 3.43. The molecule has 1 aliphatic heterocycles. The van der Waals surface area contributed by atoms with Crippen molar-refractivity contribution in [3.63, 3.8) is 0 Å². The maximum atomic E-state index is 12.3. The standard InChI is InChI=1S/C17H14BCl2NO4/c19-12-6-9(18(23)24)7-13(20)15(12)25-10-2-3-14-11(8-10)17(4-1-5-17)16(22)21-14/h2-3,6-8,23-24H,1,4-5H2,(H,21,22). The largest absolute Gasteiger partial charge is 0.488 e. The minimum absolute atomic E-state index is 0.0447. The average Bonchev–Trinajstić information content (AvgIpc) is 2.81. The number of hydrogen-bond acceptors (Lipinski definition) is 4. The van der Waals surface area contributed by atoms with Crippen molar-refractivity contribution in [1.29, 1.82) is 0 Å². The molecule has 2 aliphatic rings. The van der Waals surface area contributed by atoms with Gasteiger partial charge in [0.15, 0.2) is 5.75 Å². The lowest BCUT2D eigenvalue weighted by Crippen LogP contribution is -2.40. The Morgan fingerprint density at radius 1 is 1.12 bits per heavy atom. The van der Waals surface area contributed by atoms with Gasteiger partial charge in [0.25, 0.3) is 0 Å². The summed E-state index contributed by atoms with van der Waals surface area (Å²) in [4.78, 5) is 12.3. The van der Waals surface area contributed by atoms with Crippen LogP contribution >= 0.6 is 23.2 Å². The fraction of sp³-hybridized carbons (Fsp3) is 0.235. The van der Waals surface area contributed by atoms with E-state index in [0.717, 1.165) is 30.5 Å². The molecule has 1 spiro atoms. The number of hydrogen-bond donors (Lipinski definition) is 3. The Hall–Kier alpha value is -1.73. The predicted molar refractivity (Wildman–Crippen MR) is 97.0 cm³/mol. The van der Waals surface area contributed by atoms with Gasteiger partial charge in [-0.2, -0.15) is 0 Å². The molecule has 1 fully saturated rings. The molecule has 3 N–H and O–H groups in total. The van der Waals surface area contributed by atoms with Crippen molar-refractivity contribution in [3.05, 3.63) is 45.9 Å². The van der Waals surface area contributed by atoms with Crippen LogP contribution in [-0.2, 0) is 10.2 Å². The minimum Gasteiger partial charge on any atom is -0.454 e. The first-order valence-corrected chi connectivity index (χ1v) is 8.65. The molecule has 1 amide bonds. The van der Waals surface area contributed by atoms with Crippen LogP contribution in [0.15, 0.2) is 30.3 Å². The molecule has 0 unspecified atom stereocenters. The van der Waals surface area contributed by atoms with Gasteiger partial charge in [0.05, 0.1) is 15.5 Å². The number of ether oxygens (including phenoxy) is 1. The Bertz CT molecular complexity index is 860. The van der Waals surface area contributed by atoms with Crippen molar-refractivity contribution in [2.45, 2.75) is 24.7 Å². The first-order chi connectivity index (χ1) is 11.9. The van der Waals surface area contributed by atoms with Crippen LogP contribution in [0.3, 0.4) is 0 Å². The highest BCUT2D eigenvalue weighted by Crippen LogP contribution is 2.52. The summed E-state index contributed by atoms with van der Waals surface area (Å²) >= 11 is 12.3. The van der Waals surface area contributed by atoms with E-state index in [1.54, 1.807) is 6.07 Å². The first kappa shape index (κ1) is 16.7. The lowest BCUT2D eigenvalue weighted by atomic mass is 9.65. The van der Waals surface area contributed by atoms with E-state index in [0.29, 0.717) is 5.75 Å². The van der Waals surface area contributed by atoms with Crippen LogP contribution in [0.25, 0.3) is 0 Å². The summed E-state index contributed by atoms with van der Waals surface area (Å²) in [5.74, 6) is 0.790. The van der Waals surface area contributed by atoms with Crippen LogP contribution in [0.4, 0.5) is 5.69 Å². The third-order valence-electron chi connectivity index (χ3n) is 4.94. The highest BCUT2D eigenvalue weighted by Gasteiger charge is 2.51. The highest BCUT2D eigenvalue weighted by atomic mass is 35.5. The van der Waals surface area contributed by atoms with Crippen LogP contribution in [0.2, 0.25) is 10.0 Å². The number of anilines is 1. The summed E-state index contributed by atoms with van der Waals surface area (Å²) in [6.07, 6.45) is 2.69. The molecule has 1 heterocycles. The van der Waals surface area contributed by atoms with Crippen LogP contribution in [0.1, 0.15) is 24.8 Å². The van der Waals surface area contributed by atoms with Gasteiger partial charge in [0.1, 0.15) is 5.75 Å². The third kappa shape index (κ3) is 2.61. The second-order valence-electron chi connectivity index (χ2n) is 6.39. The van der Waals surface area contributed by atoms with Gasteiger partial charge in [0, 0.05) is 5.69 Å². The molecular weight excluding hydrogens is 364 g/mol. The van der Waals surface area contributed by atoms with Gasteiger partial charge in [0.2, 0.25) is 5.91 Å². The summed E-state index contributed by atoms with van der Waals surface area (Å²) in [5.41, 5.74) is 1.50. The molecule has 0 atom stereocenters. The maximum absolute atomic E-state index is 12.3. The number of carbonyl (C=O) groups excluding carboxylic acids is 1. The van der Waals surface area contributed by atoms with Crippen molar-refractivity contribution in [2.24, 2.45) is 0 Å². The zero-order valence-electron chi connectivity index (χ0n) is 13.1. The molecule has 4 rings (SSSR count). The van der Waals surface area contributed by atoms with Gasteiger partial charge in [-0.3, -0.25) is 4.79 Å².